The van der Waals surface area contributed by atoms with Gasteiger partial charge in [-0.15, -0.1) is 10.2 Å². The highest BCUT2D eigenvalue weighted by Crippen LogP contribution is 2.26. The molecule has 1 amide bonds. The van der Waals surface area contributed by atoms with Crippen LogP contribution in [0.2, 0.25) is 5.02 Å². The molecule has 26 heavy (non-hydrogen) atoms. The van der Waals surface area contributed by atoms with Gasteiger partial charge in [0.25, 0.3) is 0 Å². The number of hydrogen-bond acceptors (Lipinski definition) is 4. The fraction of sp³-hybridized carbons (Fsp3) is 0.211. The summed E-state index contributed by atoms with van der Waals surface area (Å²) < 4.78 is 2.09. The van der Waals surface area contributed by atoms with Gasteiger partial charge in [0.2, 0.25) is 5.91 Å². The van der Waals surface area contributed by atoms with E-state index in [0.29, 0.717) is 18.1 Å². The second-order valence-electron chi connectivity index (χ2n) is 5.72. The summed E-state index contributed by atoms with van der Waals surface area (Å²) in [5, 5.41) is 13.1. The third kappa shape index (κ3) is 4.86. The zero-order valence-corrected chi connectivity index (χ0v) is 15.9. The first-order chi connectivity index (χ1) is 12.6. The minimum Gasteiger partial charge on any atom is -0.356 e. The molecule has 0 atom stereocenters. The first-order valence-electron chi connectivity index (χ1n) is 8.24. The summed E-state index contributed by atoms with van der Waals surface area (Å²) >= 11 is 7.58. The summed E-state index contributed by atoms with van der Waals surface area (Å²) in [7, 11) is 0. The summed E-state index contributed by atoms with van der Waals surface area (Å²) in [5.41, 5.74) is 2.14. The van der Waals surface area contributed by atoms with Gasteiger partial charge in [-0.3, -0.25) is 9.36 Å². The third-order valence-electron chi connectivity index (χ3n) is 3.71. The lowest BCUT2D eigenvalue weighted by Crippen LogP contribution is -2.22. The van der Waals surface area contributed by atoms with Gasteiger partial charge in [-0.05, 0) is 29.8 Å². The molecule has 2 aromatic carbocycles. The Morgan fingerprint density at radius 1 is 1.12 bits per heavy atom. The Morgan fingerprint density at radius 2 is 1.85 bits per heavy atom. The number of halogens is 1. The molecule has 0 aliphatic carbocycles. The topological polar surface area (TPSA) is 59.8 Å². The molecule has 0 saturated carbocycles. The molecule has 1 N–H and O–H groups in total. The summed E-state index contributed by atoms with van der Waals surface area (Å²) in [5.74, 6) is 1.50. The summed E-state index contributed by atoms with van der Waals surface area (Å²) in [4.78, 5) is 11.0. The Hall–Kier alpha value is -2.31. The van der Waals surface area contributed by atoms with Gasteiger partial charge >= 0.3 is 0 Å². The van der Waals surface area contributed by atoms with E-state index in [-0.39, 0.29) is 5.91 Å². The van der Waals surface area contributed by atoms with Crippen LogP contribution >= 0.6 is 23.4 Å². The maximum atomic E-state index is 11.0. The maximum Gasteiger partial charge on any atom is 0.216 e. The third-order valence-corrected chi connectivity index (χ3v) is 4.93. The molecule has 5 nitrogen and oxygen atoms in total. The molecule has 7 heteroatoms. The predicted octanol–water partition coefficient (Wildman–Crippen LogP) is 3.88. The quantitative estimate of drug-likeness (QED) is 0.494. The van der Waals surface area contributed by atoms with Gasteiger partial charge in [0.1, 0.15) is 0 Å². The highest BCUT2D eigenvalue weighted by Gasteiger charge is 2.15. The minimum absolute atomic E-state index is 0.0294. The number of rotatable bonds is 7. The molecular weight excluding hydrogens is 368 g/mol. The number of aromatic nitrogens is 3. The molecule has 0 fully saturated rings. The summed E-state index contributed by atoms with van der Waals surface area (Å²) in [6.45, 7) is 2.78. The Morgan fingerprint density at radius 3 is 2.54 bits per heavy atom. The van der Waals surface area contributed by atoms with E-state index in [1.165, 1.54) is 12.5 Å². The number of nitrogens with one attached hydrogen (secondary N) is 1. The first-order valence-corrected chi connectivity index (χ1v) is 9.60. The molecule has 1 aromatic heterocycles. The lowest BCUT2D eigenvalue weighted by molar-refractivity contribution is -0.118. The smallest absolute Gasteiger partial charge is 0.216 e. The van der Waals surface area contributed by atoms with Crippen molar-refractivity contribution in [2.45, 2.75) is 18.6 Å². The van der Waals surface area contributed by atoms with Crippen molar-refractivity contribution in [1.29, 1.82) is 0 Å². The molecule has 3 aromatic rings. The number of hydrogen-bond donors (Lipinski definition) is 1. The van der Waals surface area contributed by atoms with Gasteiger partial charge in [0, 0.05) is 29.8 Å². The normalized spacial score (nSPS) is 10.7. The Balaban J connectivity index is 1.86. The molecular formula is C19H19ClN4OS. The van der Waals surface area contributed by atoms with Crippen molar-refractivity contribution in [2.75, 3.05) is 12.3 Å². The number of nitrogens with zero attached hydrogens (tertiary/aromatic N) is 3. The average molecular weight is 387 g/mol. The fourth-order valence-corrected chi connectivity index (χ4v) is 3.40. The molecule has 0 saturated heterocycles. The van der Waals surface area contributed by atoms with Gasteiger partial charge in [-0.2, -0.15) is 0 Å². The van der Waals surface area contributed by atoms with E-state index in [2.05, 4.69) is 32.2 Å². The second-order valence-corrected chi connectivity index (χ2v) is 7.21. The molecule has 3 rings (SSSR count). The van der Waals surface area contributed by atoms with E-state index in [4.69, 9.17) is 11.6 Å². The zero-order chi connectivity index (χ0) is 18.4. The van der Waals surface area contributed by atoms with Crippen LogP contribution in [0.5, 0.6) is 0 Å². The maximum absolute atomic E-state index is 11.0. The highest BCUT2D eigenvalue weighted by molar-refractivity contribution is 7.99. The molecule has 0 radical (unpaired) electrons. The molecule has 1 heterocycles. The predicted molar refractivity (Wildman–Crippen MR) is 105 cm³/mol. The SMILES string of the molecule is CC(=O)NCCSc1nnc(-c2ccc(Cl)cc2)n1Cc1ccccc1. The van der Waals surface area contributed by atoms with Crippen LogP contribution in [-0.4, -0.2) is 33.0 Å². The molecule has 134 valence electrons. The van der Waals surface area contributed by atoms with Crippen LogP contribution in [-0.2, 0) is 11.3 Å². The van der Waals surface area contributed by atoms with Crippen molar-refractivity contribution in [3.05, 3.63) is 65.2 Å². The van der Waals surface area contributed by atoms with E-state index in [1.807, 2.05) is 42.5 Å². The fourth-order valence-electron chi connectivity index (χ4n) is 2.49. The van der Waals surface area contributed by atoms with Crippen molar-refractivity contribution >= 4 is 29.3 Å². The first kappa shape index (κ1) is 18.5. The summed E-state index contributed by atoms with van der Waals surface area (Å²) in [6, 6.07) is 17.8. The van der Waals surface area contributed by atoms with Gasteiger partial charge in [-0.1, -0.05) is 53.7 Å². The van der Waals surface area contributed by atoms with E-state index in [1.54, 1.807) is 11.8 Å². The van der Waals surface area contributed by atoms with Crippen molar-refractivity contribution in [2.24, 2.45) is 0 Å². The lowest BCUT2D eigenvalue weighted by Gasteiger charge is -2.11. The van der Waals surface area contributed by atoms with E-state index in [9.17, 15) is 4.79 Å². The van der Waals surface area contributed by atoms with Crippen LogP contribution in [0.4, 0.5) is 0 Å². The van der Waals surface area contributed by atoms with Gasteiger partial charge in [-0.25, -0.2) is 0 Å². The number of amides is 1. The molecule has 0 aliphatic rings. The van der Waals surface area contributed by atoms with Crippen LogP contribution < -0.4 is 5.32 Å². The molecule has 0 aliphatic heterocycles. The van der Waals surface area contributed by atoms with Crippen molar-refractivity contribution in [3.8, 4) is 11.4 Å². The van der Waals surface area contributed by atoms with E-state index in [0.717, 1.165) is 22.3 Å². The van der Waals surface area contributed by atoms with Gasteiger partial charge in [0.05, 0.1) is 6.54 Å². The number of benzene rings is 2. The number of carbonyl (C=O) groups excluding carboxylic acids is 1. The van der Waals surface area contributed by atoms with Crippen LogP contribution in [0, 0.1) is 0 Å². The Labute approximate surface area is 161 Å². The van der Waals surface area contributed by atoms with Gasteiger partial charge in [0.15, 0.2) is 11.0 Å². The minimum atomic E-state index is -0.0294. The molecule has 0 unspecified atom stereocenters. The standard InChI is InChI=1S/C19H19ClN4OS/c1-14(25)21-11-12-26-19-23-22-18(16-7-9-17(20)10-8-16)24(19)13-15-5-3-2-4-6-15/h2-10H,11-13H2,1H3,(H,21,25). The largest absolute Gasteiger partial charge is 0.356 e. The summed E-state index contributed by atoms with van der Waals surface area (Å²) in [6.07, 6.45) is 0. The van der Waals surface area contributed by atoms with Crippen molar-refractivity contribution < 1.29 is 4.79 Å². The van der Waals surface area contributed by atoms with E-state index >= 15 is 0 Å². The van der Waals surface area contributed by atoms with Gasteiger partial charge < -0.3 is 5.32 Å². The van der Waals surface area contributed by atoms with Crippen molar-refractivity contribution in [1.82, 2.24) is 20.1 Å². The number of carbonyl (C=O) groups is 1. The number of thioether (sulfide) groups is 1. The molecule has 0 bridgehead atoms. The Bertz CT molecular complexity index is 865. The van der Waals surface area contributed by atoms with E-state index < -0.39 is 0 Å². The van der Waals surface area contributed by atoms with Crippen LogP contribution in [0.15, 0.2) is 59.8 Å². The van der Waals surface area contributed by atoms with Crippen LogP contribution in [0.25, 0.3) is 11.4 Å². The van der Waals surface area contributed by atoms with Crippen molar-refractivity contribution in [3.63, 3.8) is 0 Å². The monoisotopic (exact) mass is 386 g/mol. The lowest BCUT2D eigenvalue weighted by atomic mass is 10.2. The average Bonchev–Trinajstić information content (AvgIpc) is 3.03. The second kappa shape index (κ2) is 8.87. The van der Waals surface area contributed by atoms with Crippen LogP contribution in [0.3, 0.4) is 0 Å². The van der Waals surface area contributed by atoms with Crippen LogP contribution in [0.1, 0.15) is 12.5 Å². The Kier molecular flexibility index (Phi) is 6.30. The molecule has 0 spiro atoms. The zero-order valence-electron chi connectivity index (χ0n) is 14.4. The highest BCUT2D eigenvalue weighted by atomic mass is 35.5.